The molecule has 1 fully saturated rings. The number of nitrogens with one attached hydrogen (secondary N) is 2. The first-order chi connectivity index (χ1) is 15.1. The molecule has 1 saturated heterocycles. The van der Waals surface area contributed by atoms with E-state index in [0.717, 1.165) is 12.1 Å². The van der Waals surface area contributed by atoms with Gasteiger partial charge in [-0.15, -0.1) is 0 Å². The van der Waals surface area contributed by atoms with Crippen molar-refractivity contribution in [2.45, 2.75) is 25.9 Å². The molecule has 0 saturated carbocycles. The number of amides is 2. The molecular formula is C24H24BrN3O3. The number of carbonyl (C=O) groups excluding carboxylic acids is 2. The summed E-state index contributed by atoms with van der Waals surface area (Å²) in [5.74, 6) is -0.384. The van der Waals surface area contributed by atoms with Gasteiger partial charge in [0.25, 0.3) is 11.8 Å². The van der Waals surface area contributed by atoms with Crippen molar-refractivity contribution in [1.29, 1.82) is 0 Å². The van der Waals surface area contributed by atoms with Crippen LogP contribution in [0.5, 0.6) is 0 Å². The third kappa shape index (κ3) is 5.83. The first kappa shape index (κ1) is 21.3. The van der Waals surface area contributed by atoms with Crippen LogP contribution in [0, 0.1) is 0 Å². The van der Waals surface area contributed by atoms with Crippen molar-refractivity contribution in [3.05, 3.63) is 87.8 Å². The van der Waals surface area contributed by atoms with E-state index in [1.807, 2.05) is 0 Å². The maximum atomic E-state index is 12.6. The van der Waals surface area contributed by atoms with Gasteiger partial charge in [0.1, 0.15) is 0 Å². The van der Waals surface area contributed by atoms with E-state index >= 15 is 0 Å². The summed E-state index contributed by atoms with van der Waals surface area (Å²) in [4.78, 5) is 27.3. The molecule has 0 unspecified atom stereocenters. The summed E-state index contributed by atoms with van der Waals surface area (Å²) in [6, 6.07) is 18.4. The third-order valence-corrected chi connectivity index (χ3v) is 5.69. The SMILES string of the molecule is O=C(NCc1ccc(CN2CCCC2)cc1)c1cccc(NC(=O)c2ccc(Br)o2)c1. The van der Waals surface area contributed by atoms with Gasteiger partial charge in [-0.05, 0) is 83.3 Å². The number of hydrogen-bond donors (Lipinski definition) is 2. The lowest BCUT2D eigenvalue weighted by Crippen LogP contribution is -2.23. The Morgan fingerprint density at radius 2 is 1.68 bits per heavy atom. The first-order valence-corrected chi connectivity index (χ1v) is 11.1. The zero-order chi connectivity index (χ0) is 21.6. The second kappa shape index (κ2) is 9.94. The van der Waals surface area contributed by atoms with Crippen LogP contribution < -0.4 is 10.6 Å². The number of halogens is 1. The van der Waals surface area contributed by atoms with E-state index in [1.54, 1.807) is 36.4 Å². The Morgan fingerprint density at radius 3 is 2.39 bits per heavy atom. The molecule has 3 aromatic rings. The lowest BCUT2D eigenvalue weighted by atomic mass is 10.1. The number of furan rings is 1. The fraction of sp³-hybridized carbons (Fsp3) is 0.250. The average molecular weight is 482 g/mol. The second-order valence-corrected chi connectivity index (χ2v) is 8.40. The van der Waals surface area contributed by atoms with E-state index < -0.39 is 0 Å². The van der Waals surface area contributed by atoms with Gasteiger partial charge < -0.3 is 15.1 Å². The first-order valence-electron chi connectivity index (χ1n) is 10.3. The number of anilines is 1. The van der Waals surface area contributed by atoms with Crippen LogP contribution in [0.4, 0.5) is 5.69 Å². The van der Waals surface area contributed by atoms with Crippen molar-refractivity contribution in [1.82, 2.24) is 10.2 Å². The normalized spacial score (nSPS) is 13.8. The van der Waals surface area contributed by atoms with Gasteiger partial charge in [-0.2, -0.15) is 0 Å². The van der Waals surface area contributed by atoms with Crippen LogP contribution in [0.3, 0.4) is 0 Å². The fourth-order valence-corrected chi connectivity index (χ4v) is 3.92. The van der Waals surface area contributed by atoms with Crippen LogP contribution in [0.15, 0.2) is 69.8 Å². The Bertz CT molecular complexity index is 1060. The van der Waals surface area contributed by atoms with E-state index in [9.17, 15) is 9.59 Å². The molecule has 0 bridgehead atoms. The van der Waals surface area contributed by atoms with Crippen LogP contribution >= 0.6 is 15.9 Å². The molecule has 0 aliphatic carbocycles. The number of benzene rings is 2. The van der Waals surface area contributed by atoms with Gasteiger partial charge >= 0.3 is 0 Å². The molecule has 6 nitrogen and oxygen atoms in total. The maximum Gasteiger partial charge on any atom is 0.291 e. The Labute approximate surface area is 189 Å². The van der Waals surface area contributed by atoms with E-state index in [-0.39, 0.29) is 17.6 Å². The van der Waals surface area contributed by atoms with Gasteiger partial charge in [0.2, 0.25) is 0 Å². The lowest BCUT2D eigenvalue weighted by molar-refractivity contribution is 0.0949. The fourth-order valence-electron chi connectivity index (χ4n) is 3.61. The predicted molar refractivity (Wildman–Crippen MR) is 123 cm³/mol. The van der Waals surface area contributed by atoms with E-state index in [2.05, 4.69) is 55.7 Å². The number of hydrogen-bond acceptors (Lipinski definition) is 4. The maximum absolute atomic E-state index is 12.6. The molecule has 1 aliphatic heterocycles. The highest BCUT2D eigenvalue weighted by Crippen LogP contribution is 2.17. The highest BCUT2D eigenvalue weighted by molar-refractivity contribution is 9.10. The van der Waals surface area contributed by atoms with E-state index in [4.69, 9.17) is 4.42 Å². The molecule has 31 heavy (non-hydrogen) atoms. The smallest absolute Gasteiger partial charge is 0.291 e. The van der Waals surface area contributed by atoms with Gasteiger partial charge in [0.05, 0.1) is 0 Å². The average Bonchev–Trinajstić information content (AvgIpc) is 3.45. The minimum absolute atomic E-state index is 0.190. The van der Waals surface area contributed by atoms with Crippen molar-refractivity contribution >= 4 is 33.4 Å². The Hall–Kier alpha value is -2.90. The number of carbonyl (C=O) groups is 2. The summed E-state index contributed by atoms with van der Waals surface area (Å²) in [5, 5.41) is 5.68. The standard InChI is InChI=1S/C24H24BrN3O3/c25-22-11-10-21(31-22)24(30)27-20-5-3-4-19(14-20)23(29)26-15-17-6-8-18(9-7-17)16-28-12-1-2-13-28/h3-11,14H,1-2,12-13,15-16H2,(H,26,29)(H,27,30). The Kier molecular flexibility index (Phi) is 6.84. The molecule has 2 aromatic carbocycles. The predicted octanol–water partition coefficient (Wildman–Crippen LogP) is 4.82. The highest BCUT2D eigenvalue weighted by atomic mass is 79.9. The van der Waals surface area contributed by atoms with Gasteiger partial charge in [-0.3, -0.25) is 14.5 Å². The van der Waals surface area contributed by atoms with Crippen LogP contribution in [0.1, 0.15) is 44.9 Å². The zero-order valence-electron chi connectivity index (χ0n) is 17.1. The van der Waals surface area contributed by atoms with Gasteiger partial charge in [0, 0.05) is 24.3 Å². The molecule has 7 heteroatoms. The molecule has 0 radical (unpaired) electrons. The zero-order valence-corrected chi connectivity index (χ0v) is 18.7. The number of rotatable bonds is 7. The van der Waals surface area contributed by atoms with Crippen molar-refractivity contribution in [3.63, 3.8) is 0 Å². The van der Waals surface area contributed by atoms with Gasteiger partial charge in [0.15, 0.2) is 10.4 Å². The summed E-state index contributed by atoms with van der Waals surface area (Å²) in [6.45, 7) is 3.78. The molecule has 160 valence electrons. The summed E-state index contributed by atoms with van der Waals surface area (Å²) in [6.07, 6.45) is 2.57. The third-order valence-electron chi connectivity index (χ3n) is 5.26. The second-order valence-electron chi connectivity index (χ2n) is 7.62. The van der Waals surface area contributed by atoms with Gasteiger partial charge in [-0.1, -0.05) is 30.3 Å². The number of likely N-dealkylation sites (tertiary alicyclic amines) is 1. The van der Waals surface area contributed by atoms with Crippen molar-refractivity contribution in [3.8, 4) is 0 Å². The number of nitrogens with zero attached hydrogens (tertiary/aromatic N) is 1. The summed E-state index contributed by atoms with van der Waals surface area (Å²) < 4.78 is 5.73. The quantitative estimate of drug-likeness (QED) is 0.507. The van der Waals surface area contributed by atoms with E-state index in [0.29, 0.717) is 22.5 Å². The highest BCUT2D eigenvalue weighted by Gasteiger charge is 2.13. The Balaban J connectivity index is 1.31. The molecule has 1 aromatic heterocycles. The summed E-state index contributed by atoms with van der Waals surface area (Å²) >= 11 is 3.17. The molecule has 0 spiro atoms. The molecular weight excluding hydrogens is 458 g/mol. The topological polar surface area (TPSA) is 74.6 Å². The molecule has 2 N–H and O–H groups in total. The molecule has 2 amide bonds. The van der Waals surface area contributed by atoms with Crippen molar-refractivity contribution in [2.75, 3.05) is 18.4 Å². The van der Waals surface area contributed by atoms with Crippen LogP contribution in [0.2, 0.25) is 0 Å². The van der Waals surface area contributed by atoms with Gasteiger partial charge in [-0.25, -0.2) is 0 Å². The molecule has 0 atom stereocenters. The Morgan fingerprint density at radius 1 is 0.935 bits per heavy atom. The summed E-state index contributed by atoms with van der Waals surface area (Å²) in [5.41, 5.74) is 3.34. The monoisotopic (exact) mass is 481 g/mol. The van der Waals surface area contributed by atoms with Crippen LogP contribution in [-0.2, 0) is 13.1 Å². The molecule has 4 rings (SSSR count). The van der Waals surface area contributed by atoms with Crippen molar-refractivity contribution in [2.24, 2.45) is 0 Å². The lowest BCUT2D eigenvalue weighted by Gasteiger charge is -2.14. The summed E-state index contributed by atoms with van der Waals surface area (Å²) in [7, 11) is 0. The van der Waals surface area contributed by atoms with Crippen LogP contribution in [0.25, 0.3) is 0 Å². The minimum atomic E-state index is -0.378. The van der Waals surface area contributed by atoms with Crippen LogP contribution in [-0.4, -0.2) is 29.8 Å². The minimum Gasteiger partial charge on any atom is -0.444 e. The van der Waals surface area contributed by atoms with E-state index in [1.165, 1.54) is 31.5 Å². The molecule has 2 heterocycles. The van der Waals surface area contributed by atoms with Crippen molar-refractivity contribution < 1.29 is 14.0 Å². The molecule has 1 aliphatic rings. The largest absolute Gasteiger partial charge is 0.444 e.